The first kappa shape index (κ1) is 12.4. The van der Waals surface area contributed by atoms with E-state index in [4.69, 9.17) is 10.2 Å². The minimum atomic E-state index is -0.270. The molecule has 1 aliphatic heterocycles. The van der Waals surface area contributed by atoms with Crippen LogP contribution in [0.15, 0.2) is 28.9 Å². The Balaban J connectivity index is 1.86. The highest BCUT2D eigenvalue weighted by atomic mass is 16.3. The van der Waals surface area contributed by atoms with Crippen LogP contribution in [0.2, 0.25) is 0 Å². The van der Waals surface area contributed by atoms with Crippen LogP contribution in [0.3, 0.4) is 0 Å². The van der Waals surface area contributed by atoms with Crippen LogP contribution in [-0.2, 0) is 9.59 Å². The summed E-state index contributed by atoms with van der Waals surface area (Å²) in [5, 5.41) is 0. The summed E-state index contributed by atoms with van der Waals surface area (Å²) in [6, 6.07) is 3.55. The fourth-order valence-electron chi connectivity index (χ4n) is 2.03. The highest BCUT2D eigenvalue weighted by Crippen LogP contribution is 2.17. The minimum absolute atomic E-state index is 0.0608. The third-order valence-corrected chi connectivity index (χ3v) is 3.14. The second-order valence-corrected chi connectivity index (χ2v) is 4.35. The second-order valence-electron chi connectivity index (χ2n) is 4.35. The molecule has 0 aliphatic carbocycles. The number of likely N-dealkylation sites (tertiary alicyclic amines) is 1. The van der Waals surface area contributed by atoms with Gasteiger partial charge in [0.05, 0.1) is 6.26 Å². The van der Waals surface area contributed by atoms with Crippen molar-refractivity contribution in [1.29, 1.82) is 0 Å². The minimum Gasteiger partial charge on any atom is -0.465 e. The standard InChI is InChI=1S/C13H16N2O3/c14-13(17)10-5-7-15(8-6-10)12(16)4-3-11-2-1-9-18-11/h1-4,9-10H,5-8H2,(H2,14,17). The van der Waals surface area contributed by atoms with Gasteiger partial charge in [-0.05, 0) is 31.1 Å². The fourth-order valence-corrected chi connectivity index (χ4v) is 2.03. The summed E-state index contributed by atoms with van der Waals surface area (Å²) in [6.07, 6.45) is 5.99. The van der Waals surface area contributed by atoms with E-state index in [-0.39, 0.29) is 17.7 Å². The van der Waals surface area contributed by atoms with Crippen molar-refractivity contribution in [3.8, 4) is 0 Å². The van der Waals surface area contributed by atoms with Gasteiger partial charge in [0.25, 0.3) is 0 Å². The molecule has 0 spiro atoms. The molecule has 1 fully saturated rings. The predicted octanol–water partition coefficient (Wildman–Crippen LogP) is 1.02. The zero-order chi connectivity index (χ0) is 13.0. The zero-order valence-corrected chi connectivity index (χ0v) is 10.0. The molecule has 96 valence electrons. The van der Waals surface area contributed by atoms with Crippen LogP contribution >= 0.6 is 0 Å². The van der Waals surface area contributed by atoms with Gasteiger partial charge in [-0.2, -0.15) is 0 Å². The van der Waals surface area contributed by atoms with Crippen molar-refractivity contribution in [3.63, 3.8) is 0 Å². The van der Waals surface area contributed by atoms with Gasteiger partial charge in [-0.25, -0.2) is 0 Å². The summed E-state index contributed by atoms with van der Waals surface area (Å²) in [4.78, 5) is 24.6. The molecule has 0 unspecified atom stereocenters. The molecule has 5 heteroatoms. The van der Waals surface area contributed by atoms with Gasteiger partial charge in [-0.3, -0.25) is 9.59 Å². The molecule has 18 heavy (non-hydrogen) atoms. The molecule has 2 N–H and O–H groups in total. The number of hydrogen-bond donors (Lipinski definition) is 1. The number of piperidine rings is 1. The molecule has 2 amide bonds. The highest BCUT2D eigenvalue weighted by molar-refractivity contribution is 5.91. The largest absolute Gasteiger partial charge is 0.465 e. The Labute approximate surface area is 105 Å². The summed E-state index contributed by atoms with van der Waals surface area (Å²) < 4.78 is 5.10. The SMILES string of the molecule is NC(=O)C1CCN(C(=O)C=Cc2ccco2)CC1. The van der Waals surface area contributed by atoms with Crippen LogP contribution < -0.4 is 5.73 Å². The number of hydrogen-bond acceptors (Lipinski definition) is 3. The molecule has 1 aliphatic rings. The normalized spacial score (nSPS) is 17.2. The number of rotatable bonds is 3. The van der Waals surface area contributed by atoms with E-state index in [0.717, 1.165) is 0 Å². The van der Waals surface area contributed by atoms with Gasteiger partial charge in [-0.1, -0.05) is 0 Å². The van der Waals surface area contributed by atoms with E-state index in [9.17, 15) is 9.59 Å². The van der Waals surface area contributed by atoms with Gasteiger partial charge in [0, 0.05) is 25.1 Å². The monoisotopic (exact) mass is 248 g/mol. The molecule has 0 radical (unpaired) electrons. The van der Waals surface area contributed by atoms with Gasteiger partial charge in [0.2, 0.25) is 11.8 Å². The Morgan fingerprint density at radius 1 is 1.39 bits per heavy atom. The Bertz CT molecular complexity index is 443. The topological polar surface area (TPSA) is 76.5 Å². The summed E-state index contributed by atoms with van der Waals surface area (Å²) in [6.45, 7) is 1.16. The van der Waals surface area contributed by atoms with Crippen molar-refractivity contribution < 1.29 is 14.0 Å². The second kappa shape index (κ2) is 5.53. The summed E-state index contributed by atoms with van der Waals surface area (Å²) in [7, 11) is 0. The van der Waals surface area contributed by atoms with E-state index in [1.807, 2.05) is 0 Å². The average Bonchev–Trinajstić information content (AvgIpc) is 2.89. The lowest BCUT2D eigenvalue weighted by atomic mass is 9.96. The Kier molecular flexibility index (Phi) is 3.82. The highest BCUT2D eigenvalue weighted by Gasteiger charge is 2.24. The molecule has 0 bridgehead atoms. The first-order valence-electron chi connectivity index (χ1n) is 5.96. The van der Waals surface area contributed by atoms with Crippen LogP contribution in [0.4, 0.5) is 0 Å². The molecular weight excluding hydrogens is 232 g/mol. The zero-order valence-electron chi connectivity index (χ0n) is 10.0. The van der Waals surface area contributed by atoms with Crippen molar-refractivity contribution >= 4 is 17.9 Å². The van der Waals surface area contributed by atoms with Crippen molar-refractivity contribution in [2.24, 2.45) is 11.7 Å². The number of amides is 2. The van der Waals surface area contributed by atoms with Gasteiger partial charge in [-0.15, -0.1) is 0 Å². The predicted molar refractivity (Wildman–Crippen MR) is 66.2 cm³/mol. The molecular formula is C13H16N2O3. The number of carbonyl (C=O) groups excluding carboxylic acids is 2. The maximum atomic E-state index is 11.9. The average molecular weight is 248 g/mol. The maximum Gasteiger partial charge on any atom is 0.246 e. The first-order valence-corrected chi connectivity index (χ1v) is 5.96. The Morgan fingerprint density at radius 3 is 2.67 bits per heavy atom. The van der Waals surface area contributed by atoms with Crippen molar-refractivity contribution in [2.75, 3.05) is 13.1 Å². The summed E-state index contributed by atoms with van der Waals surface area (Å²) in [5.74, 6) is 0.223. The number of nitrogens with zero attached hydrogens (tertiary/aromatic N) is 1. The van der Waals surface area contributed by atoms with Gasteiger partial charge >= 0.3 is 0 Å². The van der Waals surface area contributed by atoms with Gasteiger partial charge in [0.1, 0.15) is 5.76 Å². The summed E-state index contributed by atoms with van der Waals surface area (Å²) in [5.41, 5.74) is 5.24. The lowest BCUT2D eigenvalue weighted by Crippen LogP contribution is -2.41. The van der Waals surface area contributed by atoms with E-state index in [1.165, 1.54) is 6.08 Å². The fraction of sp³-hybridized carbons (Fsp3) is 0.385. The molecule has 0 aromatic carbocycles. The first-order chi connectivity index (χ1) is 8.66. The van der Waals surface area contributed by atoms with Crippen LogP contribution in [0.5, 0.6) is 0 Å². The molecule has 1 aromatic heterocycles. The smallest absolute Gasteiger partial charge is 0.246 e. The molecule has 2 rings (SSSR count). The Morgan fingerprint density at radius 2 is 2.11 bits per heavy atom. The van der Waals surface area contributed by atoms with Crippen LogP contribution in [0, 0.1) is 5.92 Å². The van der Waals surface area contributed by atoms with Crippen molar-refractivity contribution in [2.45, 2.75) is 12.8 Å². The van der Waals surface area contributed by atoms with E-state index in [1.54, 1.807) is 29.4 Å². The van der Waals surface area contributed by atoms with Crippen molar-refractivity contribution in [1.82, 2.24) is 4.90 Å². The van der Waals surface area contributed by atoms with E-state index in [2.05, 4.69) is 0 Å². The molecule has 5 nitrogen and oxygen atoms in total. The van der Waals surface area contributed by atoms with Gasteiger partial charge in [0.15, 0.2) is 0 Å². The number of carbonyl (C=O) groups is 2. The van der Waals surface area contributed by atoms with E-state index >= 15 is 0 Å². The van der Waals surface area contributed by atoms with Gasteiger partial charge < -0.3 is 15.1 Å². The van der Waals surface area contributed by atoms with E-state index < -0.39 is 0 Å². The van der Waals surface area contributed by atoms with Crippen LogP contribution in [0.25, 0.3) is 6.08 Å². The summed E-state index contributed by atoms with van der Waals surface area (Å²) >= 11 is 0. The maximum absolute atomic E-state index is 11.9. The molecule has 1 aromatic rings. The molecule has 0 saturated carbocycles. The number of primary amides is 1. The Hall–Kier alpha value is -2.04. The molecule has 0 atom stereocenters. The lowest BCUT2D eigenvalue weighted by Gasteiger charge is -2.29. The van der Waals surface area contributed by atoms with Crippen molar-refractivity contribution in [3.05, 3.63) is 30.2 Å². The molecule has 2 heterocycles. The third-order valence-electron chi connectivity index (χ3n) is 3.14. The number of nitrogens with two attached hydrogens (primary N) is 1. The third kappa shape index (κ3) is 3.00. The van der Waals surface area contributed by atoms with Crippen LogP contribution in [-0.4, -0.2) is 29.8 Å². The lowest BCUT2D eigenvalue weighted by molar-refractivity contribution is -0.130. The van der Waals surface area contributed by atoms with E-state index in [0.29, 0.717) is 31.7 Å². The molecule has 1 saturated heterocycles. The quantitative estimate of drug-likeness (QED) is 0.811. The number of furan rings is 1. The van der Waals surface area contributed by atoms with Crippen LogP contribution in [0.1, 0.15) is 18.6 Å².